The molecule has 1 saturated carbocycles. The topological polar surface area (TPSA) is 83.1 Å². The number of anilines is 2. The highest BCUT2D eigenvalue weighted by atomic mass is 35.5. The molecule has 1 aromatic heterocycles. The number of halogens is 1. The highest BCUT2D eigenvalue weighted by Crippen LogP contribution is 2.36. The molecule has 3 heterocycles. The van der Waals surface area contributed by atoms with E-state index < -0.39 is 0 Å². The largest absolute Gasteiger partial charge is 0.493 e. The number of aromatic nitrogens is 2. The third kappa shape index (κ3) is 5.82. The van der Waals surface area contributed by atoms with Crippen LogP contribution in [0.5, 0.6) is 11.5 Å². The quantitative estimate of drug-likeness (QED) is 0.542. The Bertz CT molecular complexity index is 1080. The number of benzene rings is 1. The standard InChI is InChI=1S/C27H39ClN6O3/c1-36-23-16-21-22(17-24(23)37-2)30-27(34-14-12-33(13-15-34)25(35)18-28)31-26(21)29-19-8-10-32(11-9-19)20-6-4-3-5-7-20/h16-17,19-20H,3-15,18H2,1-2H3,(H,29,30,31). The average molecular weight is 531 g/mol. The van der Waals surface area contributed by atoms with E-state index in [1.165, 1.54) is 32.1 Å². The SMILES string of the molecule is COc1cc2nc(N3CCN(C(=O)CCl)CC3)nc(NC3CCN(C4CCCCC4)CC3)c2cc1OC. The smallest absolute Gasteiger partial charge is 0.237 e. The summed E-state index contributed by atoms with van der Waals surface area (Å²) in [6.45, 7) is 4.82. The molecule has 202 valence electrons. The molecule has 1 N–H and O–H groups in total. The summed E-state index contributed by atoms with van der Waals surface area (Å²) in [6.07, 6.45) is 9.04. The first-order valence-electron chi connectivity index (χ1n) is 13.6. The first kappa shape index (κ1) is 26.1. The summed E-state index contributed by atoms with van der Waals surface area (Å²) in [6, 6.07) is 5.01. The molecule has 0 radical (unpaired) electrons. The van der Waals surface area contributed by atoms with Gasteiger partial charge in [0.1, 0.15) is 11.7 Å². The van der Waals surface area contributed by atoms with E-state index in [-0.39, 0.29) is 11.8 Å². The molecule has 9 nitrogen and oxygen atoms in total. The minimum Gasteiger partial charge on any atom is -0.493 e. The Balaban J connectivity index is 1.37. The number of piperazine rings is 1. The van der Waals surface area contributed by atoms with Gasteiger partial charge in [0.25, 0.3) is 0 Å². The number of methoxy groups -OCH3 is 2. The van der Waals surface area contributed by atoms with E-state index in [1.807, 2.05) is 12.1 Å². The Kier molecular flexibility index (Phi) is 8.39. The van der Waals surface area contributed by atoms with Crippen molar-refractivity contribution in [3.05, 3.63) is 12.1 Å². The summed E-state index contributed by atoms with van der Waals surface area (Å²) < 4.78 is 11.1. The van der Waals surface area contributed by atoms with Gasteiger partial charge in [-0.1, -0.05) is 19.3 Å². The second kappa shape index (κ2) is 11.9. The van der Waals surface area contributed by atoms with Gasteiger partial charge in [0.05, 0.1) is 19.7 Å². The summed E-state index contributed by atoms with van der Waals surface area (Å²) in [7, 11) is 3.28. The number of hydrogen-bond donors (Lipinski definition) is 1. The van der Waals surface area contributed by atoms with E-state index in [1.54, 1.807) is 19.1 Å². The Hall–Kier alpha value is -2.52. The molecule has 0 spiro atoms. The molecule has 1 aromatic carbocycles. The van der Waals surface area contributed by atoms with Crippen LogP contribution >= 0.6 is 11.6 Å². The second-order valence-corrected chi connectivity index (χ2v) is 10.6. The minimum absolute atomic E-state index is 0.0156. The number of alkyl halides is 1. The summed E-state index contributed by atoms with van der Waals surface area (Å²) in [5.74, 6) is 2.79. The first-order chi connectivity index (χ1) is 18.1. The van der Waals surface area contributed by atoms with E-state index in [2.05, 4.69) is 15.1 Å². The Labute approximate surface area is 224 Å². The number of rotatable bonds is 7. The first-order valence-corrected chi connectivity index (χ1v) is 14.2. The van der Waals surface area contributed by atoms with Crippen LogP contribution in [0.3, 0.4) is 0 Å². The lowest BCUT2D eigenvalue weighted by Gasteiger charge is -2.39. The fraction of sp³-hybridized carbons (Fsp3) is 0.667. The minimum atomic E-state index is -0.0282. The normalized spacial score (nSPS) is 20.3. The van der Waals surface area contributed by atoms with Gasteiger partial charge >= 0.3 is 0 Å². The molecular weight excluding hydrogens is 492 g/mol. The van der Waals surface area contributed by atoms with Crippen molar-refractivity contribution in [2.24, 2.45) is 0 Å². The predicted molar refractivity (Wildman–Crippen MR) is 147 cm³/mol. The van der Waals surface area contributed by atoms with Gasteiger partial charge in [-0.2, -0.15) is 4.98 Å². The molecule has 1 aliphatic carbocycles. The zero-order valence-electron chi connectivity index (χ0n) is 22.0. The molecule has 37 heavy (non-hydrogen) atoms. The third-order valence-electron chi connectivity index (χ3n) is 8.18. The monoisotopic (exact) mass is 530 g/mol. The van der Waals surface area contributed by atoms with Gasteiger partial charge in [0.2, 0.25) is 11.9 Å². The lowest BCUT2D eigenvalue weighted by molar-refractivity contribution is -0.128. The maximum Gasteiger partial charge on any atom is 0.237 e. The molecule has 1 amide bonds. The van der Waals surface area contributed by atoms with Gasteiger partial charge in [0, 0.05) is 62.8 Å². The number of amides is 1. The van der Waals surface area contributed by atoms with Crippen LogP contribution in [0.2, 0.25) is 0 Å². The Morgan fingerprint density at radius 1 is 0.946 bits per heavy atom. The zero-order valence-corrected chi connectivity index (χ0v) is 22.8. The maximum absolute atomic E-state index is 12.0. The van der Waals surface area contributed by atoms with E-state index in [0.29, 0.717) is 49.7 Å². The predicted octanol–water partition coefficient (Wildman–Crippen LogP) is 3.74. The van der Waals surface area contributed by atoms with E-state index in [0.717, 1.165) is 48.7 Å². The van der Waals surface area contributed by atoms with E-state index in [9.17, 15) is 4.79 Å². The number of nitrogens with one attached hydrogen (secondary N) is 1. The lowest BCUT2D eigenvalue weighted by Crippen LogP contribution is -2.49. The fourth-order valence-corrected chi connectivity index (χ4v) is 6.15. The summed E-state index contributed by atoms with van der Waals surface area (Å²) in [4.78, 5) is 28.6. The zero-order chi connectivity index (χ0) is 25.8. The van der Waals surface area contributed by atoms with Crippen molar-refractivity contribution >= 4 is 40.2 Å². The second-order valence-electron chi connectivity index (χ2n) is 10.3. The number of ether oxygens (including phenoxy) is 2. The molecular formula is C27H39ClN6O3. The van der Waals surface area contributed by atoms with Crippen LogP contribution in [-0.4, -0.2) is 97.1 Å². The molecule has 2 aliphatic heterocycles. The van der Waals surface area contributed by atoms with Crippen LogP contribution in [0.4, 0.5) is 11.8 Å². The van der Waals surface area contributed by atoms with Gasteiger partial charge < -0.3 is 29.5 Å². The van der Waals surface area contributed by atoms with E-state index >= 15 is 0 Å². The van der Waals surface area contributed by atoms with Crippen molar-refractivity contribution in [2.75, 3.05) is 69.6 Å². The summed E-state index contributed by atoms with van der Waals surface area (Å²) in [5.41, 5.74) is 0.809. The van der Waals surface area contributed by atoms with Crippen molar-refractivity contribution in [1.29, 1.82) is 0 Å². The van der Waals surface area contributed by atoms with Crippen molar-refractivity contribution in [2.45, 2.75) is 57.0 Å². The van der Waals surface area contributed by atoms with Crippen LogP contribution in [0, 0.1) is 0 Å². The Morgan fingerprint density at radius 3 is 2.27 bits per heavy atom. The van der Waals surface area contributed by atoms with E-state index in [4.69, 9.17) is 31.0 Å². The summed E-state index contributed by atoms with van der Waals surface area (Å²) in [5, 5.41) is 4.69. The highest BCUT2D eigenvalue weighted by molar-refractivity contribution is 6.27. The number of fused-ring (bicyclic) bond motifs is 1. The molecule has 0 atom stereocenters. The molecule has 3 fully saturated rings. The Morgan fingerprint density at radius 2 is 1.62 bits per heavy atom. The van der Waals surface area contributed by atoms with Gasteiger partial charge in [-0.3, -0.25) is 4.79 Å². The average Bonchev–Trinajstić information content (AvgIpc) is 2.96. The number of hydrogen-bond acceptors (Lipinski definition) is 8. The number of nitrogens with zero attached hydrogens (tertiary/aromatic N) is 5. The molecule has 2 saturated heterocycles. The molecule has 2 aromatic rings. The number of piperidine rings is 1. The number of carbonyl (C=O) groups excluding carboxylic acids is 1. The number of carbonyl (C=O) groups is 1. The fourth-order valence-electron chi connectivity index (χ4n) is 5.98. The lowest BCUT2D eigenvalue weighted by atomic mass is 9.92. The number of likely N-dealkylation sites (tertiary alicyclic amines) is 1. The van der Waals surface area contributed by atoms with Gasteiger partial charge in [0.15, 0.2) is 11.5 Å². The van der Waals surface area contributed by atoms with Crippen molar-refractivity contribution in [3.63, 3.8) is 0 Å². The molecule has 0 bridgehead atoms. The van der Waals surface area contributed by atoms with Crippen LogP contribution < -0.4 is 19.7 Å². The van der Waals surface area contributed by atoms with Crippen LogP contribution in [0.15, 0.2) is 12.1 Å². The molecule has 3 aliphatic rings. The molecule has 0 unspecified atom stereocenters. The van der Waals surface area contributed by atoms with Crippen molar-refractivity contribution in [1.82, 2.24) is 19.8 Å². The van der Waals surface area contributed by atoms with Crippen LogP contribution in [-0.2, 0) is 4.79 Å². The van der Waals surface area contributed by atoms with Gasteiger partial charge in [-0.15, -0.1) is 11.6 Å². The maximum atomic E-state index is 12.0. The summed E-state index contributed by atoms with van der Waals surface area (Å²) >= 11 is 5.76. The van der Waals surface area contributed by atoms with Crippen molar-refractivity contribution in [3.8, 4) is 11.5 Å². The molecule has 5 rings (SSSR count). The molecule has 10 heteroatoms. The van der Waals surface area contributed by atoms with Crippen molar-refractivity contribution < 1.29 is 14.3 Å². The van der Waals surface area contributed by atoms with Gasteiger partial charge in [-0.05, 0) is 31.7 Å². The van der Waals surface area contributed by atoms with Crippen LogP contribution in [0.25, 0.3) is 10.9 Å². The van der Waals surface area contributed by atoms with Crippen LogP contribution in [0.1, 0.15) is 44.9 Å². The third-order valence-corrected chi connectivity index (χ3v) is 8.41. The van der Waals surface area contributed by atoms with Gasteiger partial charge in [-0.25, -0.2) is 4.98 Å². The highest BCUT2D eigenvalue weighted by Gasteiger charge is 2.28.